The van der Waals surface area contributed by atoms with E-state index in [0.29, 0.717) is 19.3 Å². The molecule has 326 valence electrons. The van der Waals surface area contributed by atoms with Crippen LogP contribution in [0.4, 0.5) is 0 Å². The number of allylic oxidation sites excluding steroid dienone is 18. The Morgan fingerprint density at radius 1 is 0.362 bits per heavy atom. The normalized spacial score (nSPS) is 13.1. The van der Waals surface area contributed by atoms with E-state index in [2.05, 4.69) is 69.4 Å². The van der Waals surface area contributed by atoms with E-state index in [1.165, 1.54) is 44.9 Å². The predicted molar refractivity (Wildman–Crippen MR) is 247 cm³/mol. The molecule has 0 bridgehead atoms. The van der Waals surface area contributed by atoms with E-state index in [4.69, 9.17) is 14.2 Å². The summed E-state index contributed by atoms with van der Waals surface area (Å²) in [7, 11) is 0. The zero-order valence-corrected chi connectivity index (χ0v) is 37.0. The lowest BCUT2D eigenvalue weighted by atomic mass is 10.1. The largest absolute Gasteiger partial charge is 0.462 e. The minimum atomic E-state index is -0.811. The van der Waals surface area contributed by atoms with Crippen molar-refractivity contribution in [2.75, 3.05) is 13.2 Å². The zero-order chi connectivity index (χ0) is 42.3. The highest BCUT2D eigenvalue weighted by Gasteiger charge is 2.19. The van der Waals surface area contributed by atoms with Crippen molar-refractivity contribution < 1.29 is 28.6 Å². The van der Waals surface area contributed by atoms with Crippen LogP contribution in [-0.2, 0) is 28.6 Å². The summed E-state index contributed by atoms with van der Waals surface area (Å²) < 4.78 is 16.6. The summed E-state index contributed by atoms with van der Waals surface area (Å²) in [6, 6.07) is 0. The van der Waals surface area contributed by atoms with Gasteiger partial charge in [-0.05, 0) is 83.5 Å². The molecule has 58 heavy (non-hydrogen) atoms. The van der Waals surface area contributed by atoms with E-state index in [1.807, 2.05) is 60.8 Å². The molecule has 1 unspecified atom stereocenters. The first kappa shape index (κ1) is 54.1. The van der Waals surface area contributed by atoms with Crippen molar-refractivity contribution in [2.24, 2.45) is 0 Å². The number of carbonyl (C=O) groups excluding carboxylic acids is 3. The molecule has 6 nitrogen and oxygen atoms in total. The molecule has 0 amide bonds. The Hall–Kier alpha value is -3.93. The monoisotopic (exact) mass is 803 g/mol. The third-order valence-corrected chi connectivity index (χ3v) is 9.17. The zero-order valence-electron chi connectivity index (χ0n) is 37.0. The predicted octanol–water partition coefficient (Wildman–Crippen LogP) is 14.8. The molecule has 0 aliphatic heterocycles. The smallest absolute Gasteiger partial charge is 0.306 e. The minimum absolute atomic E-state index is 0.113. The average molecular weight is 803 g/mol. The summed E-state index contributed by atoms with van der Waals surface area (Å²) >= 11 is 0. The maximum Gasteiger partial charge on any atom is 0.306 e. The molecule has 0 spiro atoms. The molecular weight excluding hydrogens is 721 g/mol. The first-order chi connectivity index (χ1) is 28.5. The van der Waals surface area contributed by atoms with Crippen LogP contribution in [0.2, 0.25) is 0 Å². The molecule has 1 atom stereocenters. The van der Waals surface area contributed by atoms with Crippen LogP contribution in [0.5, 0.6) is 0 Å². The summed E-state index contributed by atoms with van der Waals surface area (Å²) in [5.74, 6) is -1.00. The van der Waals surface area contributed by atoms with Crippen LogP contribution in [0, 0.1) is 0 Å². The molecule has 0 aromatic rings. The van der Waals surface area contributed by atoms with Crippen molar-refractivity contribution in [3.63, 3.8) is 0 Å². The van der Waals surface area contributed by atoms with Crippen molar-refractivity contribution >= 4 is 17.9 Å². The number of esters is 3. The number of ether oxygens (including phenoxy) is 3. The molecule has 6 heteroatoms. The quantitative estimate of drug-likeness (QED) is 0.0202. The third kappa shape index (κ3) is 43.2. The van der Waals surface area contributed by atoms with Crippen molar-refractivity contribution in [3.05, 3.63) is 109 Å². The van der Waals surface area contributed by atoms with Crippen molar-refractivity contribution in [2.45, 2.75) is 187 Å². The molecule has 0 aliphatic rings. The van der Waals surface area contributed by atoms with E-state index < -0.39 is 6.10 Å². The van der Waals surface area contributed by atoms with Crippen LogP contribution in [0.15, 0.2) is 109 Å². The second-order valence-electron chi connectivity index (χ2n) is 14.8. The van der Waals surface area contributed by atoms with Gasteiger partial charge in [0.15, 0.2) is 6.10 Å². The fraction of sp³-hybridized carbons (Fsp3) is 0.596. The Bertz CT molecular complexity index is 1240. The van der Waals surface area contributed by atoms with Gasteiger partial charge in [-0.25, -0.2) is 0 Å². The van der Waals surface area contributed by atoms with Crippen LogP contribution in [0.1, 0.15) is 181 Å². The van der Waals surface area contributed by atoms with E-state index in [9.17, 15) is 14.4 Å². The second kappa shape index (κ2) is 45.8. The fourth-order valence-corrected chi connectivity index (χ4v) is 5.68. The number of carbonyl (C=O) groups is 3. The van der Waals surface area contributed by atoms with Gasteiger partial charge in [0.25, 0.3) is 0 Å². The Balaban J connectivity index is 4.54. The van der Waals surface area contributed by atoms with Crippen molar-refractivity contribution in [1.82, 2.24) is 0 Å². The van der Waals surface area contributed by atoms with Crippen molar-refractivity contribution in [3.8, 4) is 0 Å². The SMILES string of the molecule is CC\C=C/C=C\C=C/C=C\C=C\C=C/CCCCCC(=O)OCC(COC(=O)CCCCC/C=C\C=C/CCCC)OC(=O)CCCCCCC/C=C\CCCCC. The maximum atomic E-state index is 12.7. The third-order valence-electron chi connectivity index (χ3n) is 9.17. The molecule has 0 aromatic heterocycles. The highest BCUT2D eigenvalue weighted by molar-refractivity contribution is 5.71. The Kier molecular flexibility index (Phi) is 42.7. The summed E-state index contributed by atoms with van der Waals surface area (Å²) in [5, 5.41) is 0. The van der Waals surface area contributed by atoms with E-state index in [0.717, 1.165) is 96.3 Å². The summed E-state index contributed by atoms with van der Waals surface area (Å²) in [6.07, 6.45) is 60.6. The molecule has 0 radical (unpaired) electrons. The number of rotatable bonds is 39. The van der Waals surface area contributed by atoms with Crippen LogP contribution in [-0.4, -0.2) is 37.2 Å². The lowest BCUT2D eigenvalue weighted by molar-refractivity contribution is -0.167. The molecule has 0 saturated carbocycles. The number of hydrogen-bond acceptors (Lipinski definition) is 6. The van der Waals surface area contributed by atoms with Gasteiger partial charge < -0.3 is 14.2 Å². The Labute approximate surface area is 355 Å². The van der Waals surface area contributed by atoms with Gasteiger partial charge in [0.1, 0.15) is 13.2 Å². The summed E-state index contributed by atoms with van der Waals surface area (Å²) in [4.78, 5) is 37.7. The molecule has 0 aromatic carbocycles. The highest BCUT2D eigenvalue weighted by Crippen LogP contribution is 2.12. The first-order valence-electron chi connectivity index (χ1n) is 23.0. The van der Waals surface area contributed by atoms with Gasteiger partial charge in [-0.2, -0.15) is 0 Å². The lowest BCUT2D eigenvalue weighted by Crippen LogP contribution is -2.30. The summed E-state index contributed by atoms with van der Waals surface area (Å²) in [6.45, 7) is 6.31. The van der Waals surface area contributed by atoms with Crippen molar-refractivity contribution in [1.29, 1.82) is 0 Å². The maximum absolute atomic E-state index is 12.7. The summed E-state index contributed by atoms with van der Waals surface area (Å²) in [5.41, 5.74) is 0. The van der Waals surface area contributed by atoms with E-state index in [1.54, 1.807) is 0 Å². The van der Waals surface area contributed by atoms with E-state index in [-0.39, 0.29) is 31.1 Å². The lowest BCUT2D eigenvalue weighted by Gasteiger charge is -2.18. The molecule has 0 aliphatic carbocycles. The van der Waals surface area contributed by atoms with Gasteiger partial charge in [0.05, 0.1) is 0 Å². The van der Waals surface area contributed by atoms with E-state index >= 15 is 0 Å². The van der Waals surface area contributed by atoms with Gasteiger partial charge in [-0.15, -0.1) is 0 Å². The molecule has 0 N–H and O–H groups in total. The van der Waals surface area contributed by atoms with Gasteiger partial charge >= 0.3 is 17.9 Å². The van der Waals surface area contributed by atoms with Crippen LogP contribution in [0.25, 0.3) is 0 Å². The van der Waals surface area contributed by atoms with Crippen LogP contribution < -0.4 is 0 Å². The first-order valence-corrected chi connectivity index (χ1v) is 23.0. The van der Waals surface area contributed by atoms with Gasteiger partial charge in [0.2, 0.25) is 0 Å². The Morgan fingerprint density at radius 3 is 1.19 bits per heavy atom. The van der Waals surface area contributed by atoms with Gasteiger partial charge in [-0.3, -0.25) is 14.4 Å². The minimum Gasteiger partial charge on any atom is -0.462 e. The van der Waals surface area contributed by atoms with Gasteiger partial charge in [0, 0.05) is 19.3 Å². The Morgan fingerprint density at radius 2 is 0.707 bits per heavy atom. The molecular formula is C52H82O6. The highest BCUT2D eigenvalue weighted by atomic mass is 16.6. The number of unbranched alkanes of at least 4 members (excludes halogenated alkanes) is 16. The standard InChI is InChI=1S/C52H82O6/c1-4-7-10-13-16-19-22-24-25-26-27-28-31-33-36-39-42-45-51(54)57-48-49(47-56-50(53)44-41-38-35-32-29-21-18-15-12-9-6-3)58-52(55)46-43-40-37-34-30-23-20-17-14-11-8-5-2/h7,10,13,15-22,24-29,31,49H,4-6,8-9,11-12,14,23,30,32-48H2,1-3H3/b10-7-,16-13-,18-15-,20-17-,22-19-,25-24-,27-26+,29-21-,31-28-. The molecule has 0 rings (SSSR count). The number of hydrogen-bond donors (Lipinski definition) is 0. The molecule has 0 saturated heterocycles. The average Bonchev–Trinajstić information content (AvgIpc) is 3.22. The second-order valence-corrected chi connectivity index (χ2v) is 14.8. The fourth-order valence-electron chi connectivity index (χ4n) is 5.68. The molecule has 0 heterocycles. The topological polar surface area (TPSA) is 78.9 Å². The molecule has 0 fully saturated rings. The van der Waals surface area contributed by atoms with Crippen LogP contribution in [0.3, 0.4) is 0 Å². The van der Waals surface area contributed by atoms with Crippen LogP contribution >= 0.6 is 0 Å². The van der Waals surface area contributed by atoms with Gasteiger partial charge in [-0.1, -0.05) is 188 Å².